The first-order valence-corrected chi connectivity index (χ1v) is 11.9. The van der Waals surface area contributed by atoms with Gasteiger partial charge in [-0.25, -0.2) is 8.78 Å². The third-order valence-electron chi connectivity index (χ3n) is 6.63. The van der Waals surface area contributed by atoms with Crippen LogP contribution in [0.1, 0.15) is 33.6 Å². The highest BCUT2D eigenvalue weighted by Gasteiger charge is 2.54. The maximum absolute atomic E-state index is 13.6. The zero-order chi connectivity index (χ0) is 25.9. The molecule has 0 bridgehead atoms. The van der Waals surface area contributed by atoms with Crippen molar-refractivity contribution in [3.8, 4) is 0 Å². The van der Waals surface area contributed by atoms with Crippen molar-refractivity contribution in [3.05, 3.63) is 71.3 Å². The molecule has 0 aromatic heterocycles. The van der Waals surface area contributed by atoms with Gasteiger partial charge in [-0.15, -0.1) is 0 Å². The number of rotatable bonds is 6. The minimum Gasteiger partial charge on any atom is -0.353 e. The predicted octanol–water partition coefficient (Wildman–Crippen LogP) is 2.12. The van der Waals surface area contributed by atoms with Crippen LogP contribution in [0.15, 0.2) is 48.5 Å². The minimum atomic E-state index is -1.09. The van der Waals surface area contributed by atoms with Crippen molar-refractivity contribution in [2.24, 2.45) is 0 Å². The zero-order valence-corrected chi connectivity index (χ0v) is 20.4. The molecule has 0 saturated carbocycles. The number of carbonyl (C=O) groups excluding carboxylic acids is 3. The largest absolute Gasteiger partial charge is 0.353 e. The Labute approximate surface area is 208 Å². The fourth-order valence-electron chi connectivity index (χ4n) is 4.68. The Bertz CT molecular complexity index is 1120. The average Bonchev–Trinajstić information content (AvgIpc) is 3.22. The van der Waals surface area contributed by atoms with Crippen molar-refractivity contribution in [1.82, 2.24) is 20.0 Å². The molecule has 2 aromatic carbocycles. The van der Waals surface area contributed by atoms with E-state index in [4.69, 9.17) is 4.74 Å². The number of hydrogen-bond donors (Lipinski definition) is 1. The SMILES string of the molecule is CN(C)CCNC(=O)[C@@H]1COC2(CCN(C(=O)c3cccc(F)c3)CC2)N1C(=O)c1ccc(F)cc1. The van der Waals surface area contributed by atoms with E-state index in [1.54, 1.807) is 11.0 Å². The number of piperidine rings is 1. The number of ether oxygens (including phenoxy) is 1. The van der Waals surface area contributed by atoms with Crippen LogP contribution in [0.2, 0.25) is 0 Å². The molecular formula is C26H30F2N4O4. The topological polar surface area (TPSA) is 82.2 Å². The fraction of sp³-hybridized carbons (Fsp3) is 0.423. The Kier molecular flexibility index (Phi) is 7.65. The molecule has 10 heteroatoms. The van der Waals surface area contributed by atoms with E-state index in [0.29, 0.717) is 13.1 Å². The molecule has 2 fully saturated rings. The normalized spacial score (nSPS) is 19.1. The summed E-state index contributed by atoms with van der Waals surface area (Å²) in [5.41, 5.74) is -0.602. The summed E-state index contributed by atoms with van der Waals surface area (Å²) in [6.07, 6.45) is 0.560. The highest BCUT2D eigenvalue weighted by atomic mass is 19.1. The maximum atomic E-state index is 13.6. The van der Waals surface area contributed by atoms with Crippen molar-refractivity contribution >= 4 is 17.7 Å². The van der Waals surface area contributed by atoms with Gasteiger partial charge in [0.2, 0.25) is 5.91 Å². The van der Waals surface area contributed by atoms with Gasteiger partial charge in [0.15, 0.2) is 0 Å². The van der Waals surface area contributed by atoms with Crippen molar-refractivity contribution in [2.75, 3.05) is 46.9 Å². The summed E-state index contributed by atoms with van der Waals surface area (Å²) >= 11 is 0. The molecule has 2 heterocycles. The van der Waals surface area contributed by atoms with Crippen LogP contribution in [0, 0.1) is 11.6 Å². The molecule has 1 spiro atoms. The average molecular weight is 501 g/mol. The molecule has 0 radical (unpaired) electrons. The lowest BCUT2D eigenvalue weighted by molar-refractivity contribution is -0.128. The molecule has 1 N–H and O–H groups in total. The molecule has 8 nitrogen and oxygen atoms in total. The van der Waals surface area contributed by atoms with Crippen LogP contribution in [-0.2, 0) is 9.53 Å². The van der Waals surface area contributed by atoms with E-state index in [1.165, 1.54) is 47.4 Å². The molecule has 3 amide bonds. The second kappa shape index (κ2) is 10.7. The van der Waals surface area contributed by atoms with Crippen LogP contribution in [0.5, 0.6) is 0 Å². The van der Waals surface area contributed by atoms with Crippen LogP contribution >= 0.6 is 0 Å². The predicted molar refractivity (Wildman–Crippen MR) is 128 cm³/mol. The molecule has 2 saturated heterocycles. The van der Waals surface area contributed by atoms with Gasteiger partial charge in [0.25, 0.3) is 11.8 Å². The Morgan fingerprint density at radius 2 is 1.69 bits per heavy atom. The number of nitrogens with zero attached hydrogens (tertiary/aromatic N) is 3. The van der Waals surface area contributed by atoms with Crippen LogP contribution in [0.25, 0.3) is 0 Å². The highest BCUT2D eigenvalue weighted by molar-refractivity contribution is 5.98. The van der Waals surface area contributed by atoms with Crippen molar-refractivity contribution in [1.29, 1.82) is 0 Å². The van der Waals surface area contributed by atoms with Gasteiger partial charge >= 0.3 is 0 Å². The minimum absolute atomic E-state index is 0.0125. The molecule has 2 aliphatic heterocycles. The first-order valence-electron chi connectivity index (χ1n) is 11.9. The zero-order valence-electron chi connectivity index (χ0n) is 20.4. The second-order valence-electron chi connectivity index (χ2n) is 9.35. The Hall–Kier alpha value is -3.37. The number of amides is 3. The molecule has 0 unspecified atom stereocenters. The summed E-state index contributed by atoms with van der Waals surface area (Å²) in [5, 5.41) is 2.86. The summed E-state index contributed by atoms with van der Waals surface area (Å²) in [6, 6.07) is 9.80. The summed E-state index contributed by atoms with van der Waals surface area (Å²) in [5.74, 6) is -2.04. The number of carbonyl (C=O) groups is 3. The Morgan fingerprint density at radius 1 is 1.00 bits per heavy atom. The second-order valence-corrected chi connectivity index (χ2v) is 9.35. The van der Waals surface area contributed by atoms with Gasteiger partial charge in [-0.2, -0.15) is 0 Å². The van der Waals surface area contributed by atoms with Crippen molar-refractivity contribution in [3.63, 3.8) is 0 Å². The van der Waals surface area contributed by atoms with E-state index < -0.39 is 29.3 Å². The van der Waals surface area contributed by atoms with E-state index in [2.05, 4.69) is 5.32 Å². The summed E-state index contributed by atoms with van der Waals surface area (Å²) in [7, 11) is 3.78. The molecule has 2 aromatic rings. The molecule has 4 rings (SSSR count). The maximum Gasteiger partial charge on any atom is 0.256 e. The third kappa shape index (κ3) is 5.39. The monoisotopic (exact) mass is 500 g/mol. The van der Waals surface area contributed by atoms with E-state index in [1.807, 2.05) is 19.0 Å². The van der Waals surface area contributed by atoms with Crippen LogP contribution in [0.3, 0.4) is 0 Å². The van der Waals surface area contributed by atoms with Gasteiger partial charge in [0.05, 0.1) is 6.61 Å². The standard InChI is InChI=1S/C26H30F2N4O4/c1-30(2)15-12-29-23(33)22-17-36-26(32(22)25(35)18-6-8-20(27)9-7-18)10-13-31(14-11-26)24(34)19-4-3-5-21(28)16-19/h3-9,16,22H,10-15,17H2,1-2H3,(H,29,33)/t22-/m0/s1. The van der Waals surface area contributed by atoms with Gasteiger partial charge in [-0.3, -0.25) is 19.3 Å². The molecule has 0 aliphatic carbocycles. The number of halogens is 2. The quantitative estimate of drug-likeness (QED) is 0.657. The lowest BCUT2D eigenvalue weighted by atomic mass is 9.96. The van der Waals surface area contributed by atoms with E-state index in [-0.39, 0.29) is 55.5 Å². The summed E-state index contributed by atoms with van der Waals surface area (Å²) < 4.78 is 33.2. The smallest absolute Gasteiger partial charge is 0.256 e. The molecule has 2 aliphatic rings. The Balaban J connectivity index is 1.54. The first kappa shape index (κ1) is 25.7. The number of likely N-dealkylation sites (N-methyl/N-ethyl adjacent to an activating group) is 1. The van der Waals surface area contributed by atoms with E-state index >= 15 is 0 Å². The van der Waals surface area contributed by atoms with Gasteiger partial charge in [-0.1, -0.05) is 6.07 Å². The van der Waals surface area contributed by atoms with Gasteiger partial charge in [0.1, 0.15) is 23.4 Å². The highest BCUT2D eigenvalue weighted by Crippen LogP contribution is 2.38. The Morgan fingerprint density at radius 3 is 2.33 bits per heavy atom. The van der Waals surface area contributed by atoms with E-state index in [9.17, 15) is 23.2 Å². The third-order valence-corrected chi connectivity index (χ3v) is 6.63. The van der Waals surface area contributed by atoms with Gasteiger partial charge < -0.3 is 19.9 Å². The van der Waals surface area contributed by atoms with Crippen LogP contribution in [-0.4, -0.2) is 91.1 Å². The lowest BCUT2D eigenvalue weighted by Crippen LogP contribution is -2.60. The first-order chi connectivity index (χ1) is 17.2. The van der Waals surface area contributed by atoms with Crippen molar-refractivity contribution in [2.45, 2.75) is 24.6 Å². The van der Waals surface area contributed by atoms with Crippen LogP contribution < -0.4 is 5.32 Å². The number of benzene rings is 2. The summed E-state index contributed by atoms with van der Waals surface area (Å²) in [6.45, 7) is 1.57. The van der Waals surface area contributed by atoms with Crippen LogP contribution in [0.4, 0.5) is 8.78 Å². The molecule has 36 heavy (non-hydrogen) atoms. The van der Waals surface area contributed by atoms with Crippen molar-refractivity contribution < 1.29 is 27.9 Å². The fourth-order valence-corrected chi connectivity index (χ4v) is 4.68. The number of likely N-dealkylation sites (tertiary alicyclic amines) is 1. The molecule has 192 valence electrons. The lowest BCUT2D eigenvalue weighted by Gasteiger charge is -2.44. The number of hydrogen-bond acceptors (Lipinski definition) is 5. The van der Waals surface area contributed by atoms with E-state index in [0.717, 1.165) is 0 Å². The summed E-state index contributed by atoms with van der Waals surface area (Å²) in [4.78, 5) is 44.6. The van der Waals surface area contributed by atoms with Gasteiger partial charge in [0, 0.05) is 50.1 Å². The van der Waals surface area contributed by atoms with Gasteiger partial charge in [-0.05, 0) is 56.6 Å². The number of nitrogens with one attached hydrogen (secondary N) is 1. The molecular weight excluding hydrogens is 470 g/mol. The molecule has 1 atom stereocenters.